The van der Waals surface area contributed by atoms with Crippen molar-refractivity contribution in [2.45, 2.75) is 25.3 Å². The van der Waals surface area contributed by atoms with Crippen molar-refractivity contribution in [2.24, 2.45) is 5.41 Å². The van der Waals surface area contributed by atoms with Gasteiger partial charge in [-0.25, -0.2) is 9.18 Å². The number of aromatic hydroxyl groups is 1. The van der Waals surface area contributed by atoms with Crippen LogP contribution in [0.25, 0.3) is 11.8 Å². The molecule has 1 aromatic carbocycles. The second kappa shape index (κ2) is 7.44. The quantitative estimate of drug-likeness (QED) is 0.663. The zero-order valence-electron chi connectivity index (χ0n) is 18.7. The van der Waals surface area contributed by atoms with Gasteiger partial charge in [0.05, 0.1) is 17.8 Å². The van der Waals surface area contributed by atoms with Crippen LogP contribution in [0.3, 0.4) is 0 Å². The number of ether oxygens (including phenoxy) is 1. The number of phenols is 1. The summed E-state index contributed by atoms with van der Waals surface area (Å²) in [5.74, 6) is -0.290. The van der Waals surface area contributed by atoms with Crippen LogP contribution < -0.4 is 21.2 Å². The number of hydrogen-bond acceptors (Lipinski definition) is 6. The molecule has 3 aliphatic heterocycles. The fraction of sp³-hybridized carbons (Fsp3) is 0.400. The second-order valence-corrected chi connectivity index (χ2v) is 9.55. The fourth-order valence-corrected chi connectivity index (χ4v) is 5.83. The summed E-state index contributed by atoms with van der Waals surface area (Å²) in [5, 5.41) is 11.8. The Bertz CT molecular complexity index is 1380. The van der Waals surface area contributed by atoms with Gasteiger partial charge in [0.1, 0.15) is 29.8 Å². The normalized spacial score (nSPS) is 22.0. The molecule has 0 bridgehead atoms. The van der Waals surface area contributed by atoms with E-state index in [2.05, 4.69) is 16.5 Å². The van der Waals surface area contributed by atoms with Crippen LogP contribution in [0.15, 0.2) is 35.6 Å². The third kappa shape index (κ3) is 2.99. The van der Waals surface area contributed by atoms with E-state index in [4.69, 9.17) is 4.74 Å². The zero-order valence-corrected chi connectivity index (χ0v) is 18.7. The second-order valence-electron chi connectivity index (χ2n) is 9.55. The first-order valence-electron chi connectivity index (χ1n) is 11.5. The highest BCUT2D eigenvalue weighted by molar-refractivity contribution is 5.87. The molecular weight excluding hydrogens is 439 g/mol. The van der Waals surface area contributed by atoms with Crippen molar-refractivity contribution in [3.05, 3.63) is 63.3 Å². The van der Waals surface area contributed by atoms with E-state index in [1.54, 1.807) is 4.57 Å². The van der Waals surface area contributed by atoms with Crippen LogP contribution in [0.1, 0.15) is 24.3 Å². The SMILES string of the molecule is C=CC(=O)N1CC2(CCN(c3nc(=O)n4c5c3=CC(c3c(O)cccc3F)C=5OCC4)CC2)C1. The van der Waals surface area contributed by atoms with Crippen LogP contribution in [0, 0.1) is 11.2 Å². The first-order valence-corrected chi connectivity index (χ1v) is 11.5. The van der Waals surface area contributed by atoms with Crippen molar-refractivity contribution in [1.29, 1.82) is 0 Å². The van der Waals surface area contributed by atoms with Crippen LogP contribution in [0.5, 0.6) is 5.75 Å². The Morgan fingerprint density at radius 3 is 2.74 bits per heavy atom. The minimum Gasteiger partial charge on any atom is -0.508 e. The van der Waals surface area contributed by atoms with Gasteiger partial charge in [-0.05, 0) is 31.1 Å². The van der Waals surface area contributed by atoms with Gasteiger partial charge in [-0.15, -0.1) is 0 Å². The lowest BCUT2D eigenvalue weighted by atomic mass is 9.72. The molecule has 4 aliphatic rings. The lowest BCUT2D eigenvalue weighted by Crippen LogP contribution is -2.62. The minimum absolute atomic E-state index is 0.0364. The molecule has 2 aromatic rings. The van der Waals surface area contributed by atoms with Crippen LogP contribution in [0.4, 0.5) is 10.2 Å². The molecule has 1 N–H and O–H groups in total. The Balaban J connectivity index is 1.38. The van der Waals surface area contributed by atoms with Crippen molar-refractivity contribution in [3.63, 3.8) is 0 Å². The minimum atomic E-state index is -0.633. The molecule has 34 heavy (non-hydrogen) atoms. The number of halogens is 1. The van der Waals surface area contributed by atoms with Gasteiger partial charge in [0.15, 0.2) is 0 Å². The van der Waals surface area contributed by atoms with Gasteiger partial charge in [0.2, 0.25) is 5.91 Å². The predicted molar refractivity (Wildman–Crippen MR) is 123 cm³/mol. The van der Waals surface area contributed by atoms with E-state index in [-0.39, 0.29) is 34.9 Å². The Labute approximate surface area is 194 Å². The highest BCUT2D eigenvalue weighted by Gasteiger charge is 2.46. The molecule has 1 amide bonds. The number of hydrogen-bond donors (Lipinski definition) is 1. The Morgan fingerprint density at radius 1 is 1.26 bits per heavy atom. The summed E-state index contributed by atoms with van der Waals surface area (Å²) in [6.45, 7) is 7.09. The lowest BCUT2D eigenvalue weighted by Gasteiger charge is -2.53. The lowest BCUT2D eigenvalue weighted by molar-refractivity contribution is -0.139. The number of amides is 1. The van der Waals surface area contributed by atoms with E-state index in [0.717, 1.165) is 31.1 Å². The number of carbonyl (C=O) groups is 1. The van der Waals surface area contributed by atoms with E-state index in [9.17, 15) is 19.1 Å². The Morgan fingerprint density at radius 2 is 2.03 bits per heavy atom. The first kappa shape index (κ1) is 20.9. The highest BCUT2D eigenvalue weighted by Crippen LogP contribution is 2.41. The number of rotatable bonds is 3. The molecule has 1 unspecified atom stereocenters. The van der Waals surface area contributed by atoms with Gasteiger partial charge in [-0.2, -0.15) is 4.98 Å². The average molecular weight is 464 g/mol. The van der Waals surface area contributed by atoms with Crippen molar-refractivity contribution < 1.29 is 19.0 Å². The van der Waals surface area contributed by atoms with Gasteiger partial charge in [0, 0.05) is 42.4 Å². The molecule has 6 rings (SSSR count). The molecule has 0 radical (unpaired) electrons. The molecule has 1 aliphatic carbocycles. The first-order chi connectivity index (χ1) is 16.4. The molecule has 176 valence electrons. The van der Waals surface area contributed by atoms with E-state index in [0.29, 0.717) is 36.6 Å². The molecule has 2 saturated heterocycles. The number of nitrogens with zero attached hydrogens (tertiary/aromatic N) is 4. The van der Waals surface area contributed by atoms with E-state index >= 15 is 0 Å². The fourth-order valence-electron chi connectivity index (χ4n) is 5.83. The molecule has 8 nitrogen and oxygen atoms in total. The number of carbonyl (C=O) groups excluding carboxylic acids is 1. The smallest absolute Gasteiger partial charge is 0.350 e. The van der Waals surface area contributed by atoms with Crippen LogP contribution in [-0.4, -0.2) is 58.3 Å². The monoisotopic (exact) mass is 464 g/mol. The summed E-state index contributed by atoms with van der Waals surface area (Å²) < 4.78 is 22.3. The standard InChI is InChI=1S/C25H25FN4O4/c1-2-19(32)29-13-25(14-29)6-8-28(9-7-25)23-16-12-15(20-17(26)4-3-5-18(20)31)22-21(16)30(10-11-34-22)24(33)27-23/h2-5,12,15,31H,1,6-11,13-14H2. The average Bonchev–Trinajstić information content (AvgIpc) is 3.19. The van der Waals surface area contributed by atoms with Crippen molar-refractivity contribution >= 4 is 23.6 Å². The van der Waals surface area contributed by atoms with E-state index in [1.807, 2.05) is 11.0 Å². The third-order valence-electron chi connectivity index (χ3n) is 7.62. The van der Waals surface area contributed by atoms with Gasteiger partial charge >= 0.3 is 5.69 Å². The maximum Gasteiger partial charge on any atom is 0.350 e. The molecule has 0 saturated carbocycles. The van der Waals surface area contributed by atoms with Crippen LogP contribution >= 0.6 is 0 Å². The van der Waals surface area contributed by atoms with Gasteiger partial charge in [0.25, 0.3) is 0 Å². The Kier molecular flexibility index (Phi) is 4.59. The number of anilines is 1. The summed E-state index contributed by atoms with van der Waals surface area (Å²) >= 11 is 0. The van der Waals surface area contributed by atoms with Crippen molar-refractivity contribution in [3.8, 4) is 5.75 Å². The molecule has 1 aromatic heterocycles. The maximum absolute atomic E-state index is 14.8. The van der Waals surface area contributed by atoms with Gasteiger partial charge in [-0.3, -0.25) is 9.36 Å². The van der Waals surface area contributed by atoms with E-state index < -0.39 is 11.7 Å². The summed E-state index contributed by atoms with van der Waals surface area (Å²) in [6, 6.07) is 4.22. The summed E-state index contributed by atoms with van der Waals surface area (Å²) in [7, 11) is 0. The number of likely N-dealkylation sites (tertiary alicyclic amines) is 1. The summed E-state index contributed by atoms with van der Waals surface area (Å²) in [6.07, 6.45) is 4.98. The third-order valence-corrected chi connectivity index (χ3v) is 7.62. The molecule has 1 atom stereocenters. The number of phenolic OH excluding ortho intramolecular Hbond substituents is 1. The molecule has 4 heterocycles. The zero-order chi connectivity index (χ0) is 23.6. The molecule has 2 fully saturated rings. The number of benzene rings is 1. The Hall–Kier alpha value is -3.62. The highest BCUT2D eigenvalue weighted by atomic mass is 19.1. The largest absolute Gasteiger partial charge is 0.508 e. The summed E-state index contributed by atoms with van der Waals surface area (Å²) in [5.41, 5.74) is -0.114. The molecule has 9 heteroatoms. The number of aromatic nitrogens is 2. The van der Waals surface area contributed by atoms with Crippen molar-refractivity contribution in [2.75, 3.05) is 37.7 Å². The predicted octanol–water partition coefficient (Wildman–Crippen LogP) is 0.419. The molecular formula is C25H25FN4O4. The van der Waals surface area contributed by atoms with Crippen molar-refractivity contribution in [1.82, 2.24) is 14.5 Å². The van der Waals surface area contributed by atoms with Gasteiger partial charge in [-0.1, -0.05) is 18.7 Å². The summed E-state index contributed by atoms with van der Waals surface area (Å²) in [4.78, 5) is 33.1. The van der Waals surface area contributed by atoms with Crippen LogP contribution in [0.2, 0.25) is 0 Å². The van der Waals surface area contributed by atoms with E-state index in [1.165, 1.54) is 24.3 Å². The number of piperidine rings is 1. The maximum atomic E-state index is 14.8. The topological polar surface area (TPSA) is 87.9 Å². The molecule has 1 spiro atoms. The van der Waals surface area contributed by atoms with Gasteiger partial charge < -0.3 is 19.6 Å². The van der Waals surface area contributed by atoms with Crippen LogP contribution in [-0.2, 0) is 16.1 Å².